The van der Waals surface area contributed by atoms with Crippen molar-refractivity contribution in [1.82, 2.24) is 5.32 Å². The summed E-state index contributed by atoms with van der Waals surface area (Å²) in [5.74, 6) is 1.89. The number of amides is 1. The van der Waals surface area contributed by atoms with Crippen molar-refractivity contribution in [2.45, 2.75) is 6.04 Å². The SMILES string of the molecule is CN(C(=O)C1CSCN1)c1ccccc1.Cl. The van der Waals surface area contributed by atoms with Crippen LogP contribution in [-0.2, 0) is 4.79 Å². The summed E-state index contributed by atoms with van der Waals surface area (Å²) in [6.45, 7) is 0. The highest BCUT2D eigenvalue weighted by Crippen LogP contribution is 2.16. The number of likely N-dealkylation sites (N-methyl/N-ethyl adjacent to an activating group) is 1. The van der Waals surface area contributed by atoms with Gasteiger partial charge in [-0.05, 0) is 12.1 Å². The van der Waals surface area contributed by atoms with E-state index in [2.05, 4.69) is 5.32 Å². The van der Waals surface area contributed by atoms with Gasteiger partial charge in [0, 0.05) is 24.4 Å². The van der Waals surface area contributed by atoms with E-state index < -0.39 is 0 Å². The van der Waals surface area contributed by atoms with Gasteiger partial charge in [-0.3, -0.25) is 10.1 Å². The number of benzene rings is 1. The van der Waals surface area contributed by atoms with E-state index >= 15 is 0 Å². The lowest BCUT2D eigenvalue weighted by atomic mass is 10.2. The zero-order valence-corrected chi connectivity index (χ0v) is 10.7. The van der Waals surface area contributed by atoms with Crippen LogP contribution < -0.4 is 10.2 Å². The second-order valence-electron chi connectivity index (χ2n) is 3.50. The number of anilines is 1. The lowest BCUT2D eigenvalue weighted by Crippen LogP contribution is -2.43. The third-order valence-corrected chi connectivity index (χ3v) is 3.43. The van der Waals surface area contributed by atoms with E-state index in [0.717, 1.165) is 17.3 Å². The normalized spacial score (nSPS) is 18.9. The average molecular weight is 259 g/mol. The molecule has 16 heavy (non-hydrogen) atoms. The Labute approximate surface area is 106 Å². The van der Waals surface area contributed by atoms with E-state index in [0.29, 0.717) is 0 Å². The van der Waals surface area contributed by atoms with Crippen molar-refractivity contribution in [3.8, 4) is 0 Å². The Morgan fingerprint density at radius 1 is 1.44 bits per heavy atom. The van der Waals surface area contributed by atoms with E-state index in [9.17, 15) is 4.79 Å². The first kappa shape index (κ1) is 13.4. The molecule has 1 fully saturated rings. The van der Waals surface area contributed by atoms with Crippen molar-refractivity contribution in [3.63, 3.8) is 0 Å². The third kappa shape index (κ3) is 2.90. The first-order valence-electron chi connectivity index (χ1n) is 4.93. The molecule has 88 valence electrons. The Morgan fingerprint density at radius 2 is 2.12 bits per heavy atom. The van der Waals surface area contributed by atoms with Crippen LogP contribution in [0.2, 0.25) is 0 Å². The van der Waals surface area contributed by atoms with Crippen LogP contribution in [0.5, 0.6) is 0 Å². The van der Waals surface area contributed by atoms with Crippen molar-refractivity contribution in [2.24, 2.45) is 0 Å². The van der Waals surface area contributed by atoms with E-state index in [1.165, 1.54) is 0 Å². The molecule has 1 amide bonds. The lowest BCUT2D eigenvalue weighted by molar-refractivity contribution is -0.119. The quantitative estimate of drug-likeness (QED) is 0.877. The molecule has 2 rings (SSSR count). The number of halogens is 1. The van der Waals surface area contributed by atoms with Gasteiger partial charge in [0.05, 0.1) is 6.04 Å². The highest BCUT2D eigenvalue weighted by molar-refractivity contribution is 7.99. The second-order valence-corrected chi connectivity index (χ2v) is 4.53. The van der Waals surface area contributed by atoms with Crippen LogP contribution in [0.1, 0.15) is 0 Å². The summed E-state index contributed by atoms with van der Waals surface area (Å²) in [5.41, 5.74) is 0.946. The van der Waals surface area contributed by atoms with Gasteiger partial charge < -0.3 is 4.90 Å². The van der Waals surface area contributed by atoms with Gasteiger partial charge in [0.15, 0.2) is 0 Å². The number of carbonyl (C=O) groups is 1. The molecule has 1 aromatic carbocycles. The van der Waals surface area contributed by atoms with Crippen molar-refractivity contribution < 1.29 is 4.79 Å². The Bertz CT molecular complexity index is 341. The van der Waals surface area contributed by atoms with Crippen molar-refractivity contribution in [1.29, 1.82) is 0 Å². The maximum Gasteiger partial charge on any atom is 0.244 e. The first-order valence-corrected chi connectivity index (χ1v) is 6.08. The molecule has 0 aromatic heterocycles. The van der Waals surface area contributed by atoms with Gasteiger partial charge >= 0.3 is 0 Å². The molecular formula is C11H15ClN2OS. The molecule has 3 nitrogen and oxygen atoms in total. The summed E-state index contributed by atoms with van der Waals surface area (Å²) >= 11 is 1.76. The molecular weight excluding hydrogens is 244 g/mol. The van der Waals surface area contributed by atoms with Crippen LogP contribution >= 0.6 is 24.2 Å². The molecule has 0 aliphatic carbocycles. The molecule has 1 atom stereocenters. The van der Waals surface area contributed by atoms with Crippen LogP contribution in [-0.4, -0.2) is 30.6 Å². The number of hydrogen-bond acceptors (Lipinski definition) is 3. The molecule has 1 aromatic rings. The number of hydrogen-bond donors (Lipinski definition) is 1. The van der Waals surface area contributed by atoms with Gasteiger partial charge in [0.1, 0.15) is 0 Å². The molecule has 1 N–H and O–H groups in total. The minimum Gasteiger partial charge on any atom is -0.314 e. The second kappa shape index (κ2) is 6.13. The molecule has 1 aliphatic heterocycles. The van der Waals surface area contributed by atoms with Crippen LogP contribution in [0, 0.1) is 0 Å². The molecule has 1 unspecified atom stereocenters. The Hall–Kier alpha value is -0.710. The minimum absolute atomic E-state index is 0. The molecule has 5 heteroatoms. The summed E-state index contributed by atoms with van der Waals surface area (Å²) in [7, 11) is 1.82. The van der Waals surface area contributed by atoms with Gasteiger partial charge in [-0.2, -0.15) is 0 Å². The molecule has 0 radical (unpaired) electrons. The summed E-state index contributed by atoms with van der Waals surface area (Å²) in [4.78, 5) is 13.7. The highest BCUT2D eigenvalue weighted by atomic mass is 35.5. The van der Waals surface area contributed by atoms with Gasteiger partial charge in [-0.25, -0.2) is 0 Å². The highest BCUT2D eigenvalue weighted by Gasteiger charge is 2.25. The number of carbonyl (C=O) groups excluding carboxylic acids is 1. The van der Waals surface area contributed by atoms with E-state index in [-0.39, 0.29) is 24.4 Å². The number of nitrogens with zero attached hydrogens (tertiary/aromatic N) is 1. The van der Waals surface area contributed by atoms with E-state index in [1.54, 1.807) is 16.7 Å². The topological polar surface area (TPSA) is 32.3 Å². The molecule has 1 aliphatic rings. The molecule has 0 spiro atoms. The van der Waals surface area contributed by atoms with Crippen LogP contribution in [0.25, 0.3) is 0 Å². The Kier molecular flexibility index (Phi) is 5.12. The van der Waals surface area contributed by atoms with E-state index in [4.69, 9.17) is 0 Å². The smallest absolute Gasteiger partial charge is 0.244 e. The lowest BCUT2D eigenvalue weighted by Gasteiger charge is -2.20. The summed E-state index contributed by atoms with van der Waals surface area (Å²) in [5, 5.41) is 3.18. The molecule has 1 heterocycles. The number of rotatable bonds is 2. The zero-order chi connectivity index (χ0) is 10.7. The summed E-state index contributed by atoms with van der Waals surface area (Å²) in [6.07, 6.45) is 0. The van der Waals surface area contributed by atoms with Gasteiger partial charge in [-0.15, -0.1) is 24.2 Å². The summed E-state index contributed by atoms with van der Waals surface area (Å²) < 4.78 is 0. The van der Waals surface area contributed by atoms with Gasteiger partial charge in [0.25, 0.3) is 0 Å². The van der Waals surface area contributed by atoms with Crippen LogP contribution in [0.3, 0.4) is 0 Å². The fourth-order valence-corrected chi connectivity index (χ4v) is 2.50. The number of para-hydroxylation sites is 1. The number of thioether (sulfide) groups is 1. The zero-order valence-electron chi connectivity index (χ0n) is 9.05. The van der Waals surface area contributed by atoms with E-state index in [1.807, 2.05) is 37.4 Å². The maximum atomic E-state index is 12.0. The predicted octanol–water partition coefficient (Wildman–Crippen LogP) is 1.73. The van der Waals surface area contributed by atoms with Crippen molar-refractivity contribution in [3.05, 3.63) is 30.3 Å². The average Bonchev–Trinajstić information content (AvgIpc) is 2.82. The monoisotopic (exact) mass is 258 g/mol. The third-order valence-electron chi connectivity index (χ3n) is 2.49. The predicted molar refractivity (Wildman–Crippen MR) is 71.3 cm³/mol. The Balaban J connectivity index is 0.00000128. The van der Waals surface area contributed by atoms with Gasteiger partial charge in [-0.1, -0.05) is 18.2 Å². The van der Waals surface area contributed by atoms with Crippen molar-refractivity contribution >= 4 is 35.8 Å². The largest absolute Gasteiger partial charge is 0.314 e. The summed E-state index contributed by atoms with van der Waals surface area (Å²) in [6, 6.07) is 9.69. The maximum absolute atomic E-state index is 12.0. The van der Waals surface area contributed by atoms with Gasteiger partial charge in [0.2, 0.25) is 5.91 Å². The minimum atomic E-state index is -0.0276. The Morgan fingerprint density at radius 3 is 2.69 bits per heavy atom. The first-order chi connectivity index (χ1) is 7.29. The van der Waals surface area contributed by atoms with Crippen LogP contribution in [0.15, 0.2) is 30.3 Å². The molecule has 1 saturated heterocycles. The van der Waals surface area contributed by atoms with Crippen LogP contribution in [0.4, 0.5) is 5.69 Å². The number of nitrogens with one attached hydrogen (secondary N) is 1. The fourth-order valence-electron chi connectivity index (χ4n) is 1.57. The molecule has 0 saturated carbocycles. The molecule has 0 bridgehead atoms. The van der Waals surface area contributed by atoms with Crippen molar-refractivity contribution in [2.75, 3.05) is 23.6 Å². The fraction of sp³-hybridized carbons (Fsp3) is 0.364. The standard InChI is InChI=1S/C11H14N2OS.ClH/c1-13(9-5-3-2-4-6-9)11(14)10-7-15-8-12-10;/h2-6,10,12H,7-8H2,1H3;1H.